The quantitative estimate of drug-likeness (QED) is 0.571. The fourth-order valence-corrected chi connectivity index (χ4v) is 5.47. The number of hydrogen-bond acceptors (Lipinski definition) is 2. The number of benzene rings is 1. The number of aromatic nitrogens is 2. The molecule has 1 aliphatic heterocycles. The van der Waals surface area contributed by atoms with E-state index in [1.54, 1.807) is 0 Å². The molecule has 154 valence electrons. The van der Waals surface area contributed by atoms with E-state index in [1.165, 1.54) is 49.0 Å². The Morgan fingerprint density at radius 3 is 2.63 bits per heavy atom. The van der Waals surface area contributed by atoms with Crippen LogP contribution in [0.15, 0.2) is 67.0 Å². The lowest BCUT2D eigenvalue weighted by atomic mass is 9.92. The molecule has 0 radical (unpaired) electrons. The lowest BCUT2D eigenvalue weighted by molar-refractivity contribution is 0.193. The highest BCUT2D eigenvalue weighted by molar-refractivity contribution is 7.80. The summed E-state index contributed by atoms with van der Waals surface area (Å²) in [6, 6.07) is 19.9. The molecule has 5 rings (SSSR count). The van der Waals surface area contributed by atoms with E-state index < -0.39 is 0 Å². The van der Waals surface area contributed by atoms with Gasteiger partial charge in [0.15, 0.2) is 5.11 Å². The van der Waals surface area contributed by atoms with Crippen molar-refractivity contribution < 1.29 is 0 Å². The lowest BCUT2D eigenvalue weighted by Gasteiger charge is -2.37. The summed E-state index contributed by atoms with van der Waals surface area (Å²) < 4.78 is 2.32. The monoisotopic (exact) mass is 416 g/mol. The van der Waals surface area contributed by atoms with E-state index in [-0.39, 0.29) is 12.1 Å². The highest BCUT2D eigenvalue weighted by Gasteiger charge is 2.44. The number of nitrogens with zero attached hydrogens (tertiary/aromatic N) is 3. The van der Waals surface area contributed by atoms with Crippen molar-refractivity contribution in [1.29, 1.82) is 0 Å². The molecule has 30 heavy (non-hydrogen) atoms. The van der Waals surface area contributed by atoms with Gasteiger partial charge in [0.1, 0.15) is 0 Å². The molecule has 1 saturated heterocycles. The van der Waals surface area contributed by atoms with Crippen molar-refractivity contribution in [3.63, 3.8) is 0 Å². The van der Waals surface area contributed by atoms with Gasteiger partial charge in [-0.25, -0.2) is 0 Å². The molecule has 2 aromatic heterocycles. The molecule has 0 bridgehead atoms. The molecule has 2 atom stereocenters. The van der Waals surface area contributed by atoms with Gasteiger partial charge >= 0.3 is 0 Å². The van der Waals surface area contributed by atoms with Gasteiger partial charge in [-0.3, -0.25) is 4.98 Å². The first-order valence-electron chi connectivity index (χ1n) is 11.0. The summed E-state index contributed by atoms with van der Waals surface area (Å²) in [5, 5.41) is 4.49. The van der Waals surface area contributed by atoms with Gasteiger partial charge in [-0.1, -0.05) is 37.5 Å². The Bertz CT molecular complexity index is 1020. The minimum absolute atomic E-state index is 0.0408. The molecule has 1 aliphatic carbocycles. The van der Waals surface area contributed by atoms with Crippen molar-refractivity contribution >= 4 is 17.3 Å². The number of nitrogens with one attached hydrogen (secondary N) is 1. The van der Waals surface area contributed by atoms with Gasteiger partial charge in [0.25, 0.3) is 0 Å². The fraction of sp³-hybridized carbons (Fsp3) is 0.360. The van der Waals surface area contributed by atoms with Gasteiger partial charge in [0.05, 0.1) is 17.8 Å². The zero-order valence-electron chi connectivity index (χ0n) is 17.4. The molecule has 0 unspecified atom stereocenters. The molecule has 3 aromatic rings. The van der Waals surface area contributed by atoms with E-state index in [1.807, 2.05) is 12.3 Å². The first-order valence-corrected chi connectivity index (χ1v) is 11.4. The summed E-state index contributed by atoms with van der Waals surface area (Å²) in [7, 11) is 0. The maximum atomic E-state index is 5.91. The Morgan fingerprint density at radius 2 is 1.87 bits per heavy atom. The van der Waals surface area contributed by atoms with Crippen molar-refractivity contribution in [3.8, 4) is 5.69 Å². The zero-order chi connectivity index (χ0) is 20.5. The van der Waals surface area contributed by atoms with Crippen LogP contribution >= 0.6 is 12.2 Å². The third-order valence-corrected chi connectivity index (χ3v) is 6.80. The predicted molar refractivity (Wildman–Crippen MR) is 125 cm³/mol. The third-order valence-electron chi connectivity index (χ3n) is 6.47. The molecule has 1 saturated carbocycles. The molecule has 1 N–H and O–H groups in total. The predicted octanol–water partition coefficient (Wildman–Crippen LogP) is 5.49. The minimum Gasteiger partial charge on any atom is -0.352 e. The summed E-state index contributed by atoms with van der Waals surface area (Å²) in [5.41, 5.74) is 4.75. The van der Waals surface area contributed by atoms with Crippen molar-refractivity contribution in [1.82, 2.24) is 19.8 Å². The van der Waals surface area contributed by atoms with Gasteiger partial charge in [-0.2, -0.15) is 0 Å². The molecule has 4 nitrogen and oxygen atoms in total. The fourth-order valence-electron chi connectivity index (χ4n) is 5.08. The smallest absolute Gasteiger partial charge is 0.170 e. The van der Waals surface area contributed by atoms with E-state index in [0.717, 1.165) is 10.8 Å². The van der Waals surface area contributed by atoms with Crippen LogP contribution < -0.4 is 5.32 Å². The van der Waals surface area contributed by atoms with Crippen molar-refractivity contribution in [2.24, 2.45) is 0 Å². The number of pyridine rings is 1. The molecule has 2 aliphatic rings. The van der Waals surface area contributed by atoms with Crippen LogP contribution in [0.1, 0.15) is 61.1 Å². The van der Waals surface area contributed by atoms with Crippen LogP contribution in [0.3, 0.4) is 0 Å². The Kier molecular flexibility index (Phi) is 5.30. The normalized spacial score (nSPS) is 22.3. The van der Waals surface area contributed by atoms with Gasteiger partial charge in [0, 0.05) is 29.8 Å². The highest BCUT2D eigenvalue weighted by atomic mass is 32.1. The van der Waals surface area contributed by atoms with Gasteiger partial charge in [-0.05, 0) is 73.9 Å². The van der Waals surface area contributed by atoms with E-state index in [2.05, 4.69) is 76.4 Å². The van der Waals surface area contributed by atoms with Crippen molar-refractivity contribution in [3.05, 3.63) is 83.9 Å². The average molecular weight is 417 g/mol. The van der Waals surface area contributed by atoms with Gasteiger partial charge < -0.3 is 14.8 Å². The summed E-state index contributed by atoms with van der Waals surface area (Å²) in [4.78, 5) is 7.17. The Labute approximate surface area is 183 Å². The van der Waals surface area contributed by atoms with Crippen molar-refractivity contribution in [2.45, 2.75) is 57.2 Å². The van der Waals surface area contributed by atoms with Crippen LogP contribution in [0.5, 0.6) is 0 Å². The minimum atomic E-state index is 0.0408. The summed E-state index contributed by atoms with van der Waals surface area (Å²) in [6.07, 6.45) is 10.3. The second-order valence-electron chi connectivity index (χ2n) is 8.47. The Hall–Kier alpha value is -2.66. The first-order chi connectivity index (χ1) is 14.7. The van der Waals surface area contributed by atoms with E-state index in [4.69, 9.17) is 17.2 Å². The average Bonchev–Trinajstić information content (AvgIpc) is 3.39. The van der Waals surface area contributed by atoms with E-state index in [9.17, 15) is 0 Å². The SMILES string of the molecule is Cc1cccc(-n2cccc2[C@@H]2[C@H](c3ccccn3)NC(=S)N2C2CCCCC2)c1. The number of aryl methyl sites for hydroxylation is 1. The van der Waals surface area contributed by atoms with Crippen LogP contribution in [0.25, 0.3) is 5.69 Å². The van der Waals surface area contributed by atoms with Crippen LogP contribution in [-0.4, -0.2) is 25.6 Å². The molecule has 3 heterocycles. The standard InChI is InChI=1S/C25H28N4S/c1-18-9-7-12-20(17-18)28-16-8-14-22(28)24-23(21-13-5-6-15-26-21)27-25(30)29(24)19-10-3-2-4-11-19/h5-9,12-17,19,23-24H,2-4,10-11H2,1H3,(H,27,30)/t23-,24+/m0/s1. The zero-order valence-corrected chi connectivity index (χ0v) is 18.2. The largest absolute Gasteiger partial charge is 0.352 e. The molecule has 0 amide bonds. The molecular formula is C25H28N4S. The summed E-state index contributed by atoms with van der Waals surface area (Å²) >= 11 is 5.91. The van der Waals surface area contributed by atoms with Crippen LogP contribution in [0, 0.1) is 6.92 Å². The molecule has 0 spiro atoms. The first kappa shape index (κ1) is 19.3. The maximum absolute atomic E-state index is 5.91. The van der Waals surface area contributed by atoms with E-state index >= 15 is 0 Å². The molecular weight excluding hydrogens is 388 g/mol. The summed E-state index contributed by atoms with van der Waals surface area (Å²) in [6.45, 7) is 2.14. The van der Waals surface area contributed by atoms with E-state index in [0.29, 0.717) is 6.04 Å². The number of hydrogen-bond donors (Lipinski definition) is 1. The van der Waals surface area contributed by atoms with Crippen molar-refractivity contribution in [2.75, 3.05) is 0 Å². The topological polar surface area (TPSA) is 33.1 Å². The third kappa shape index (κ3) is 3.52. The molecule has 2 fully saturated rings. The molecule has 5 heteroatoms. The number of rotatable bonds is 4. The van der Waals surface area contributed by atoms with Gasteiger partial charge in [0.2, 0.25) is 0 Å². The number of thiocarbonyl (C=S) groups is 1. The Morgan fingerprint density at radius 1 is 1.00 bits per heavy atom. The van der Waals surface area contributed by atoms with Crippen LogP contribution in [0.2, 0.25) is 0 Å². The van der Waals surface area contributed by atoms with Gasteiger partial charge in [-0.15, -0.1) is 0 Å². The highest BCUT2D eigenvalue weighted by Crippen LogP contribution is 2.43. The molecule has 1 aromatic carbocycles. The Balaban J connectivity index is 1.61. The summed E-state index contributed by atoms with van der Waals surface area (Å²) in [5.74, 6) is 0. The van der Waals surface area contributed by atoms with Crippen LogP contribution in [0.4, 0.5) is 0 Å². The second kappa shape index (κ2) is 8.23. The second-order valence-corrected chi connectivity index (χ2v) is 8.85. The maximum Gasteiger partial charge on any atom is 0.170 e. The van der Waals surface area contributed by atoms with Crippen LogP contribution in [-0.2, 0) is 0 Å². The lowest BCUT2D eigenvalue weighted by Crippen LogP contribution is -2.40.